The first-order valence-corrected chi connectivity index (χ1v) is 8.80. The van der Waals surface area contributed by atoms with Crippen molar-refractivity contribution < 1.29 is 0 Å². The Morgan fingerprint density at radius 2 is 1.62 bits per heavy atom. The van der Waals surface area contributed by atoms with E-state index >= 15 is 0 Å². The topological polar surface area (TPSA) is 138 Å². The molecule has 0 aromatic rings. The van der Waals surface area contributed by atoms with Crippen LogP contribution in [0.1, 0.15) is 39.5 Å². The van der Waals surface area contributed by atoms with Crippen LogP contribution in [0, 0.1) is 0 Å². The molecule has 0 aromatic heterocycles. The number of allylic oxidation sites excluding steroid dienone is 1. The summed E-state index contributed by atoms with van der Waals surface area (Å²) in [5.74, 6) is 2.66. The van der Waals surface area contributed by atoms with E-state index < -0.39 is 0 Å². The molecule has 0 heterocycles. The molecule has 0 radical (unpaired) electrons. The Morgan fingerprint density at radius 3 is 2.27 bits per heavy atom. The number of hydrazone groups is 3. The van der Waals surface area contributed by atoms with Gasteiger partial charge in [0.25, 0.3) is 0 Å². The van der Waals surface area contributed by atoms with E-state index in [-0.39, 0.29) is 10.2 Å². The van der Waals surface area contributed by atoms with Gasteiger partial charge in [-0.25, -0.2) is 10.4 Å². The van der Waals surface area contributed by atoms with Crippen molar-refractivity contribution in [2.75, 3.05) is 0 Å². The molecule has 142 valence electrons. The highest BCUT2D eigenvalue weighted by atomic mass is 32.1. The molecule has 0 spiro atoms. The lowest BCUT2D eigenvalue weighted by molar-refractivity contribution is 0.985. The molecule has 0 aliphatic heterocycles. The molecule has 0 amide bonds. The summed E-state index contributed by atoms with van der Waals surface area (Å²) >= 11 is 14.4. The third-order valence-corrected chi connectivity index (χ3v) is 2.87. The molecule has 0 atom stereocenters. The Hall–Kier alpha value is -2.27. The largest absolute Gasteiger partial charge is 0.375 e. The maximum atomic E-state index is 5.28. The first-order chi connectivity index (χ1) is 12.3. The maximum absolute atomic E-state index is 5.28. The lowest BCUT2D eigenvalue weighted by Gasteiger charge is -2.00. The third-order valence-electron chi connectivity index (χ3n) is 2.51. The number of hydrogen-bond acceptors (Lipinski definition) is 6. The highest BCUT2D eigenvalue weighted by molar-refractivity contribution is 7.80. The van der Waals surface area contributed by atoms with Crippen molar-refractivity contribution in [2.24, 2.45) is 31.8 Å². The Bertz CT molecular complexity index is 646. The molecule has 0 fully saturated rings. The zero-order valence-electron chi connectivity index (χ0n) is 14.7. The van der Waals surface area contributed by atoms with Crippen LogP contribution in [0.15, 0.2) is 26.4 Å². The Kier molecular flexibility index (Phi) is 13.7. The molecule has 12 heteroatoms. The minimum absolute atomic E-state index is 0.0967. The zero-order valence-corrected chi connectivity index (χ0v) is 17.1. The minimum Gasteiger partial charge on any atom is -0.375 e. The van der Waals surface area contributed by atoms with Gasteiger partial charge in [0.15, 0.2) is 10.2 Å². The van der Waals surface area contributed by atoms with Gasteiger partial charge < -0.3 is 11.5 Å². The SMILES string of the molecule is C/C(CC/C=N/NC(=S)/N=C(\C)CCC=C=NNC(N)=S)=N\NC(N)=S. The molecule has 9 nitrogen and oxygen atoms in total. The fourth-order valence-electron chi connectivity index (χ4n) is 1.38. The predicted molar refractivity (Wildman–Crippen MR) is 121 cm³/mol. The van der Waals surface area contributed by atoms with Crippen molar-refractivity contribution in [3.8, 4) is 0 Å². The van der Waals surface area contributed by atoms with E-state index in [1.165, 1.54) is 0 Å². The predicted octanol–water partition coefficient (Wildman–Crippen LogP) is 1.05. The molecular formula is C14H23N9S3. The zero-order chi connectivity index (χ0) is 19.8. The van der Waals surface area contributed by atoms with Gasteiger partial charge in [-0.15, -0.1) is 5.10 Å². The average molecular weight is 414 g/mol. The minimum atomic E-state index is 0.0967. The molecule has 0 aliphatic rings. The van der Waals surface area contributed by atoms with Crippen LogP contribution in [-0.2, 0) is 0 Å². The second kappa shape index (κ2) is 15.0. The van der Waals surface area contributed by atoms with Crippen LogP contribution in [0.4, 0.5) is 0 Å². The van der Waals surface area contributed by atoms with E-state index in [9.17, 15) is 0 Å². The monoisotopic (exact) mass is 413 g/mol. The number of nitrogens with two attached hydrogens (primary N) is 2. The van der Waals surface area contributed by atoms with E-state index in [0.29, 0.717) is 30.8 Å². The molecule has 0 saturated heterocycles. The van der Waals surface area contributed by atoms with Crippen molar-refractivity contribution >= 4 is 75.5 Å². The van der Waals surface area contributed by atoms with E-state index in [2.05, 4.69) is 66.9 Å². The fourth-order valence-corrected chi connectivity index (χ4v) is 1.68. The lowest BCUT2D eigenvalue weighted by atomic mass is 10.2. The quantitative estimate of drug-likeness (QED) is 0.215. The second-order valence-electron chi connectivity index (χ2n) is 4.90. The average Bonchev–Trinajstić information content (AvgIpc) is 2.55. The van der Waals surface area contributed by atoms with Crippen LogP contribution in [0.25, 0.3) is 0 Å². The smallest absolute Gasteiger partial charge is 0.213 e. The van der Waals surface area contributed by atoms with Gasteiger partial charge in [0.05, 0.1) is 0 Å². The molecule has 0 aliphatic carbocycles. The molecule has 26 heavy (non-hydrogen) atoms. The van der Waals surface area contributed by atoms with Crippen LogP contribution in [-0.4, -0.2) is 38.8 Å². The van der Waals surface area contributed by atoms with E-state index in [0.717, 1.165) is 11.4 Å². The highest BCUT2D eigenvalue weighted by Crippen LogP contribution is 1.94. The van der Waals surface area contributed by atoms with E-state index in [4.69, 9.17) is 23.7 Å². The van der Waals surface area contributed by atoms with Crippen molar-refractivity contribution in [1.29, 1.82) is 0 Å². The van der Waals surface area contributed by atoms with Crippen molar-refractivity contribution in [3.05, 3.63) is 6.08 Å². The van der Waals surface area contributed by atoms with Gasteiger partial charge in [0.2, 0.25) is 5.11 Å². The Labute approximate surface area is 169 Å². The highest BCUT2D eigenvalue weighted by Gasteiger charge is 1.94. The van der Waals surface area contributed by atoms with Crippen LogP contribution in [0.5, 0.6) is 0 Å². The van der Waals surface area contributed by atoms with Gasteiger partial charge in [0, 0.05) is 23.5 Å². The summed E-state index contributed by atoms with van der Waals surface area (Å²) in [4.78, 5) is 4.23. The molecule has 0 unspecified atom stereocenters. The summed E-state index contributed by atoms with van der Waals surface area (Å²) < 4.78 is 0. The van der Waals surface area contributed by atoms with Gasteiger partial charge in [-0.2, -0.15) is 10.2 Å². The molecule has 0 rings (SSSR count). The first kappa shape index (κ1) is 23.7. The molecule has 0 aromatic carbocycles. The molecular weight excluding hydrogens is 390 g/mol. The fraction of sp³-hybridized carbons (Fsp3) is 0.429. The third kappa shape index (κ3) is 16.6. The number of nitrogens with zero attached hydrogens (tertiary/aromatic N) is 4. The van der Waals surface area contributed by atoms with Crippen LogP contribution >= 0.6 is 36.7 Å². The van der Waals surface area contributed by atoms with Crippen molar-refractivity contribution in [1.82, 2.24) is 16.3 Å². The lowest BCUT2D eigenvalue weighted by Crippen LogP contribution is -2.25. The maximum Gasteiger partial charge on any atom is 0.213 e. The molecule has 0 saturated carbocycles. The summed E-state index contributed by atoms with van der Waals surface area (Å²) in [6.07, 6.45) is 6.28. The standard InChI is InChI=1S/C14H23N9S3/c1-10(6-3-4-8-17-21-12(15)24)19-14(26)23-18-9-5-7-11(2)20-22-13(16)25/h4,9H,3,5-7H2,1-2H3,(H,23,26)(H3,15,21,24)(H3,16,22,25)/b18-9+,19-10+,20-11+. The normalized spacial score (nSPS) is 11.5. The van der Waals surface area contributed by atoms with E-state index in [1.54, 1.807) is 12.3 Å². The van der Waals surface area contributed by atoms with Gasteiger partial charge in [-0.05, 0) is 82.3 Å². The first-order valence-electron chi connectivity index (χ1n) is 7.58. The summed E-state index contributed by atoms with van der Waals surface area (Å²) in [5.41, 5.74) is 19.9. The summed E-state index contributed by atoms with van der Waals surface area (Å²) in [7, 11) is 0. The summed E-state index contributed by atoms with van der Waals surface area (Å²) in [5, 5.41) is 12.2. The van der Waals surface area contributed by atoms with Crippen LogP contribution in [0.3, 0.4) is 0 Å². The number of hydrogen-bond donors (Lipinski definition) is 5. The molecule has 0 bridgehead atoms. The van der Waals surface area contributed by atoms with Crippen molar-refractivity contribution in [3.63, 3.8) is 0 Å². The Balaban J connectivity index is 4.06. The number of rotatable bonds is 9. The van der Waals surface area contributed by atoms with Gasteiger partial charge in [-0.3, -0.25) is 10.9 Å². The number of nitrogens with one attached hydrogen (secondary N) is 3. The van der Waals surface area contributed by atoms with Gasteiger partial charge in [-0.1, -0.05) is 0 Å². The second-order valence-corrected chi connectivity index (χ2v) is 6.16. The number of aliphatic imine (C=N–C) groups is 1. The van der Waals surface area contributed by atoms with Gasteiger partial charge >= 0.3 is 0 Å². The Morgan fingerprint density at radius 1 is 0.962 bits per heavy atom. The van der Waals surface area contributed by atoms with Crippen molar-refractivity contribution in [2.45, 2.75) is 39.5 Å². The number of thiocarbonyl (C=S) groups is 3. The summed E-state index contributed by atoms with van der Waals surface area (Å²) in [6, 6.07) is 0. The van der Waals surface area contributed by atoms with E-state index in [1.807, 2.05) is 13.8 Å². The van der Waals surface area contributed by atoms with Crippen LogP contribution < -0.4 is 27.7 Å². The summed E-state index contributed by atoms with van der Waals surface area (Å²) in [6.45, 7) is 3.74. The molecule has 7 N–H and O–H groups in total. The van der Waals surface area contributed by atoms with Crippen LogP contribution in [0.2, 0.25) is 0 Å². The van der Waals surface area contributed by atoms with Gasteiger partial charge in [0.1, 0.15) is 0 Å².